The zero-order chi connectivity index (χ0) is 8.69. The third-order valence-electron chi connectivity index (χ3n) is 1.29. The molecule has 58 valence electrons. The summed E-state index contributed by atoms with van der Waals surface area (Å²) in [6.07, 6.45) is 5.97. The molecule has 0 saturated carbocycles. The molecule has 0 aliphatic carbocycles. The van der Waals surface area contributed by atoms with Crippen molar-refractivity contribution in [1.82, 2.24) is 0 Å². The van der Waals surface area contributed by atoms with E-state index < -0.39 is 0 Å². The van der Waals surface area contributed by atoms with Gasteiger partial charge in [-0.05, 0) is 26.8 Å². The van der Waals surface area contributed by atoms with Gasteiger partial charge in [-0.25, -0.2) is 0 Å². The molecule has 0 N–H and O–H groups in total. The van der Waals surface area contributed by atoms with Crippen LogP contribution in [0.15, 0.2) is 36.0 Å². The van der Waals surface area contributed by atoms with E-state index in [0.29, 0.717) is 0 Å². The fourth-order valence-corrected chi connectivity index (χ4v) is 0.530. The SMILES string of the molecule is C=C(C#CC)/C=C\C(C)=C/C. The minimum Gasteiger partial charge on any atom is -0.101 e. The van der Waals surface area contributed by atoms with E-state index in [4.69, 9.17) is 0 Å². The molecule has 0 aromatic carbocycles. The van der Waals surface area contributed by atoms with Crippen molar-refractivity contribution < 1.29 is 0 Å². The summed E-state index contributed by atoms with van der Waals surface area (Å²) in [6, 6.07) is 0. The molecular weight excluding hydrogens is 132 g/mol. The molecule has 0 nitrogen and oxygen atoms in total. The molecule has 11 heavy (non-hydrogen) atoms. The Kier molecular flexibility index (Phi) is 4.94. The molecule has 0 aromatic rings. The van der Waals surface area contributed by atoms with Crippen molar-refractivity contribution in [1.29, 1.82) is 0 Å². The molecule has 0 saturated heterocycles. The Morgan fingerprint density at radius 1 is 1.36 bits per heavy atom. The molecule has 0 radical (unpaired) electrons. The van der Waals surface area contributed by atoms with Crippen LogP contribution in [0.25, 0.3) is 0 Å². The fraction of sp³-hybridized carbons (Fsp3) is 0.273. The van der Waals surface area contributed by atoms with Crippen LogP contribution >= 0.6 is 0 Å². The summed E-state index contributed by atoms with van der Waals surface area (Å²) < 4.78 is 0. The quantitative estimate of drug-likeness (QED) is 0.415. The van der Waals surface area contributed by atoms with Crippen molar-refractivity contribution in [3.05, 3.63) is 36.0 Å². The van der Waals surface area contributed by atoms with E-state index in [9.17, 15) is 0 Å². The minimum absolute atomic E-state index is 0.855. The molecule has 0 aliphatic heterocycles. The molecule has 0 rings (SSSR count). The highest BCUT2D eigenvalue weighted by atomic mass is 13.8. The topological polar surface area (TPSA) is 0 Å². The van der Waals surface area contributed by atoms with Gasteiger partial charge in [0.25, 0.3) is 0 Å². The monoisotopic (exact) mass is 146 g/mol. The Morgan fingerprint density at radius 2 is 2.00 bits per heavy atom. The Hall–Kier alpha value is -1.22. The Balaban J connectivity index is 4.11. The van der Waals surface area contributed by atoms with Crippen molar-refractivity contribution in [2.75, 3.05) is 0 Å². The second-order valence-electron chi connectivity index (χ2n) is 2.27. The molecule has 0 heterocycles. The number of hydrogen-bond donors (Lipinski definition) is 0. The van der Waals surface area contributed by atoms with Gasteiger partial charge in [-0.3, -0.25) is 0 Å². The zero-order valence-corrected chi connectivity index (χ0v) is 7.44. The summed E-state index contributed by atoms with van der Waals surface area (Å²) in [5.41, 5.74) is 2.08. The highest BCUT2D eigenvalue weighted by Gasteiger charge is 1.79. The normalized spacial score (nSPS) is 11.0. The first kappa shape index (κ1) is 9.78. The van der Waals surface area contributed by atoms with E-state index >= 15 is 0 Å². The first-order chi connectivity index (χ1) is 5.20. The van der Waals surface area contributed by atoms with Gasteiger partial charge in [0, 0.05) is 5.57 Å². The van der Waals surface area contributed by atoms with Crippen LogP contribution in [0, 0.1) is 11.8 Å². The highest BCUT2D eigenvalue weighted by Crippen LogP contribution is 1.97. The van der Waals surface area contributed by atoms with Gasteiger partial charge in [-0.2, -0.15) is 0 Å². The lowest BCUT2D eigenvalue weighted by atomic mass is 10.2. The smallest absolute Gasteiger partial charge is 0.0173 e. The lowest BCUT2D eigenvalue weighted by molar-refractivity contribution is 1.47. The first-order valence-electron chi connectivity index (χ1n) is 3.63. The van der Waals surface area contributed by atoms with Gasteiger partial charge in [-0.15, -0.1) is 5.92 Å². The van der Waals surface area contributed by atoms with Crippen LogP contribution in [0.5, 0.6) is 0 Å². The van der Waals surface area contributed by atoms with Gasteiger partial charge in [0.05, 0.1) is 0 Å². The standard InChI is InChI=1S/C11H14/c1-5-7-11(4)9-8-10(3)6-2/h6,8-9H,4H2,1-3H3/b9-8-,10-6-. The second-order valence-corrected chi connectivity index (χ2v) is 2.27. The van der Waals surface area contributed by atoms with E-state index in [0.717, 1.165) is 5.57 Å². The molecule has 0 aromatic heterocycles. The van der Waals surface area contributed by atoms with Crippen LogP contribution in [-0.2, 0) is 0 Å². The Bertz CT molecular complexity index is 241. The lowest BCUT2D eigenvalue weighted by Crippen LogP contribution is -1.69. The summed E-state index contributed by atoms with van der Waals surface area (Å²) in [7, 11) is 0. The highest BCUT2D eigenvalue weighted by molar-refractivity contribution is 5.37. The average molecular weight is 146 g/mol. The van der Waals surface area contributed by atoms with E-state index in [2.05, 4.69) is 18.4 Å². The van der Waals surface area contributed by atoms with Crippen LogP contribution in [0.1, 0.15) is 20.8 Å². The van der Waals surface area contributed by atoms with Crippen LogP contribution in [0.3, 0.4) is 0 Å². The maximum atomic E-state index is 3.76. The van der Waals surface area contributed by atoms with Crippen LogP contribution in [0.2, 0.25) is 0 Å². The minimum atomic E-state index is 0.855. The van der Waals surface area contributed by atoms with Crippen molar-refractivity contribution in [2.24, 2.45) is 0 Å². The van der Waals surface area contributed by atoms with E-state index in [1.54, 1.807) is 0 Å². The fourth-order valence-electron chi connectivity index (χ4n) is 0.530. The predicted molar refractivity (Wildman–Crippen MR) is 51.2 cm³/mol. The summed E-state index contributed by atoms with van der Waals surface area (Å²) in [5.74, 6) is 5.66. The molecule has 0 amide bonds. The van der Waals surface area contributed by atoms with Crippen LogP contribution < -0.4 is 0 Å². The van der Waals surface area contributed by atoms with Gasteiger partial charge >= 0.3 is 0 Å². The van der Waals surface area contributed by atoms with E-state index in [1.807, 2.05) is 39.0 Å². The van der Waals surface area contributed by atoms with Crippen molar-refractivity contribution in [2.45, 2.75) is 20.8 Å². The van der Waals surface area contributed by atoms with Gasteiger partial charge in [-0.1, -0.05) is 30.2 Å². The summed E-state index contributed by atoms with van der Waals surface area (Å²) in [5, 5.41) is 0. The average Bonchev–Trinajstić information content (AvgIpc) is 2.01. The van der Waals surface area contributed by atoms with Crippen molar-refractivity contribution in [3.63, 3.8) is 0 Å². The summed E-state index contributed by atoms with van der Waals surface area (Å²) in [6.45, 7) is 9.62. The van der Waals surface area contributed by atoms with Gasteiger partial charge in [0.2, 0.25) is 0 Å². The number of allylic oxidation sites excluding steroid dienone is 5. The second kappa shape index (κ2) is 5.56. The molecule has 0 atom stereocenters. The number of rotatable bonds is 2. The molecular formula is C11H14. The van der Waals surface area contributed by atoms with E-state index in [1.165, 1.54) is 5.57 Å². The third kappa shape index (κ3) is 5.24. The lowest BCUT2D eigenvalue weighted by Gasteiger charge is -1.87. The zero-order valence-electron chi connectivity index (χ0n) is 7.44. The van der Waals surface area contributed by atoms with Gasteiger partial charge in [0.1, 0.15) is 0 Å². The molecule has 0 aliphatic rings. The largest absolute Gasteiger partial charge is 0.101 e. The summed E-state index contributed by atoms with van der Waals surface area (Å²) in [4.78, 5) is 0. The Morgan fingerprint density at radius 3 is 2.45 bits per heavy atom. The maximum Gasteiger partial charge on any atom is 0.0173 e. The molecule has 0 fully saturated rings. The van der Waals surface area contributed by atoms with Crippen molar-refractivity contribution >= 4 is 0 Å². The molecule has 0 bridgehead atoms. The predicted octanol–water partition coefficient (Wildman–Crippen LogP) is 3.09. The first-order valence-corrected chi connectivity index (χ1v) is 3.63. The molecule has 0 spiro atoms. The Labute approximate surface area is 69.3 Å². The maximum absolute atomic E-state index is 3.76. The van der Waals surface area contributed by atoms with Gasteiger partial charge < -0.3 is 0 Å². The molecule has 0 heteroatoms. The van der Waals surface area contributed by atoms with E-state index in [-0.39, 0.29) is 0 Å². The third-order valence-corrected chi connectivity index (χ3v) is 1.29. The summed E-state index contributed by atoms with van der Waals surface area (Å²) >= 11 is 0. The van der Waals surface area contributed by atoms with Crippen molar-refractivity contribution in [3.8, 4) is 11.8 Å². The van der Waals surface area contributed by atoms with Crippen LogP contribution in [0.4, 0.5) is 0 Å². The number of hydrogen-bond acceptors (Lipinski definition) is 0. The van der Waals surface area contributed by atoms with Gasteiger partial charge in [0.15, 0.2) is 0 Å². The molecule has 0 unspecified atom stereocenters. The van der Waals surface area contributed by atoms with Crippen LogP contribution in [-0.4, -0.2) is 0 Å².